The van der Waals surface area contributed by atoms with E-state index in [0.717, 1.165) is 51.1 Å². The summed E-state index contributed by atoms with van der Waals surface area (Å²) in [6.07, 6.45) is 3.33. The number of carbonyl (C=O) groups excluding carboxylic acids is 2. The van der Waals surface area contributed by atoms with Gasteiger partial charge in [-0.25, -0.2) is 19.0 Å². The molecule has 206 valence electrons. The van der Waals surface area contributed by atoms with Crippen molar-refractivity contribution in [1.82, 2.24) is 15.3 Å². The molecule has 2 N–H and O–H groups in total. The van der Waals surface area contributed by atoms with Crippen molar-refractivity contribution >= 4 is 44.5 Å². The van der Waals surface area contributed by atoms with Crippen molar-refractivity contribution < 1.29 is 18.7 Å². The summed E-state index contributed by atoms with van der Waals surface area (Å²) < 4.78 is 19.6. The van der Waals surface area contributed by atoms with E-state index in [-0.39, 0.29) is 23.3 Å². The summed E-state index contributed by atoms with van der Waals surface area (Å²) in [6.45, 7) is 7.91. The monoisotopic (exact) mass is 559 g/mol. The van der Waals surface area contributed by atoms with Crippen molar-refractivity contribution in [3.63, 3.8) is 0 Å². The van der Waals surface area contributed by atoms with Gasteiger partial charge in [0.1, 0.15) is 11.4 Å². The summed E-state index contributed by atoms with van der Waals surface area (Å²) in [5.74, 6) is -0.308. The molecule has 1 saturated carbocycles. The van der Waals surface area contributed by atoms with Crippen molar-refractivity contribution in [2.24, 2.45) is 0 Å². The quantitative estimate of drug-likeness (QED) is 0.276. The average molecular weight is 560 g/mol. The van der Waals surface area contributed by atoms with Crippen LogP contribution in [0.5, 0.6) is 0 Å². The number of fused-ring (bicyclic) bond motifs is 3. The van der Waals surface area contributed by atoms with E-state index in [1.807, 2.05) is 58.2 Å². The van der Waals surface area contributed by atoms with Gasteiger partial charge in [0.15, 0.2) is 5.13 Å². The molecule has 1 spiro atoms. The zero-order valence-electron chi connectivity index (χ0n) is 22.7. The van der Waals surface area contributed by atoms with Gasteiger partial charge in [0.05, 0.1) is 27.6 Å². The predicted octanol–water partition coefficient (Wildman–Crippen LogP) is 7.17. The lowest BCUT2D eigenvalue weighted by Crippen LogP contribution is -2.41. The van der Waals surface area contributed by atoms with E-state index in [1.165, 1.54) is 23.5 Å². The summed E-state index contributed by atoms with van der Waals surface area (Å²) in [6, 6.07) is 13.6. The van der Waals surface area contributed by atoms with Crippen LogP contribution in [0.4, 0.5) is 24.8 Å². The van der Waals surface area contributed by atoms with Crippen LogP contribution < -0.4 is 15.5 Å². The minimum absolute atomic E-state index is 0.0752. The normalized spacial score (nSPS) is 16.1. The van der Waals surface area contributed by atoms with Gasteiger partial charge < -0.3 is 10.1 Å². The van der Waals surface area contributed by atoms with E-state index < -0.39 is 11.7 Å². The molecule has 1 atom stereocenters. The van der Waals surface area contributed by atoms with Crippen molar-refractivity contribution in [3.05, 3.63) is 71.8 Å². The van der Waals surface area contributed by atoms with E-state index in [4.69, 9.17) is 9.72 Å². The molecule has 6 rings (SSSR count). The largest absolute Gasteiger partial charge is 0.444 e. The Morgan fingerprint density at radius 2 is 1.85 bits per heavy atom. The fourth-order valence-corrected chi connectivity index (χ4v) is 5.95. The molecule has 0 saturated heterocycles. The Hall–Kier alpha value is -4.05. The molecule has 2 aliphatic rings. The molecule has 2 aromatic carbocycles. The first-order chi connectivity index (χ1) is 19.0. The Morgan fingerprint density at radius 1 is 1.10 bits per heavy atom. The highest BCUT2D eigenvalue weighted by molar-refractivity contribution is 7.22. The van der Waals surface area contributed by atoms with E-state index in [2.05, 4.69) is 15.6 Å². The number of aromatic nitrogens is 2. The number of amides is 3. The van der Waals surface area contributed by atoms with Crippen LogP contribution >= 0.6 is 11.3 Å². The van der Waals surface area contributed by atoms with Crippen LogP contribution in [0.25, 0.3) is 21.3 Å². The highest BCUT2D eigenvalue weighted by atomic mass is 32.1. The number of nitrogens with one attached hydrogen (secondary N) is 2. The smallest absolute Gasteiger partial charge is 0.413 e. The molecule has 0 radical (unpaired) electrons. The van der Waals surface area contributed by atoms with Gasteiger partial charge in [0.25, 0.3) is 0 Å². The van der Waals surface area contributed by atoms with Crippen molar-refractivity contribution in [2.45, 2.75) is 57.6 Å². The molecule has 8 nitrogen and oxygen atoms in total. The summed E-state index contributed by atoms with van der Waals surface area (Å²) in [4.78, 5) is 36.7. The topological polar surface area (TPSA) is 96.5 Å². The number of thiazole rings is 1. The Bertz CT molecular complexity index is 1620. The SMILES string of the molecule is C[C@H](NC(=O)N1CC2(CC2)c2ncc(-c3ccc4nc(NC(=O)OC(C)(C)C)sc4c3)cc21)c1ccc(F)cc1. The molecule has 1 fully saturated rings. The maximum absolute atomic E-state index is 13.4. The number of nitrogens with zero attached hydrogens (tertiary/aromatic N) is 3. The van der Waals surface area contributed by atoms with Crippen molar-refractivity contribution in [2.75, 3.05) is 16.8 Å². The zero-order chi connectivity index (χ0) is 28.2. The first-order valence-electron chi connectivity index (χ1n) is 13.2. The molecule has 3 heterocycles. The van der Waals surface area contributed by atoms with Crippen LogP contribution in [0.1, 0.15) is 57.8 Å². The predicted molar refractivity (Wildman–Crippen MR) is 154 cm³/mol. The number of hydrogen-bond acceptors (Lipinski definition) is 6. The second-order valence-corrected chi connectivity index (χ2v) is 12.5. The third-order valence-electron chi connectivity index (χ3n) is 7.26. The van der Waals surface area contributed by atoms with Crippen LogP contribution in [0, 0.1) is 5.82 Å². The number of anilines is 2. The number of pyridine rings is 1. The molecule has 0 bridgehead atoms. The maximum atomic E-state index is 13.4. The lowest BCUT2D eigenvalue weighted by molar-refractivity contribution is 0.0636. The number of halogens is 1. The zero-order valence-corrected chi connectivity index (χ0v) is 23.6. The lowest BCUT2D eigenvalue weighted by atomic mass is 10.0. The average Bonchev–Trinajstić information content (AvgIpc) is 3.45. The molecule has 2 aromatic heterocycles. The van der Waals surface area contributed by atoms with E-state index in [0.29, 0.717) is 11.7 Å². The van der Waals surface area contributed by atoms with Crippen LogP contribution in [0.15, 0.2) is 54.7 Å². The summed E-state index contributed by atoms with van der Waals surface area (Å²) in [5.41, 5.74) is 4.52. The van der Waals surface area contributed by atoms with Gasteiger partial charge in [-0.3, -0.25) is 15.2 Å². The molecule has 4 aromatic rings. The molecule has 0 unspecified atom stereocenters. The number of benzene rings is 2. The summed E-state index contributed by atoms with van der Waals surface area (Å²) >= 11 is 1.37. The van der Waals surface area contributed by atoms with E-state index in [9.17, 15) is 14.0 Å². The number of urea groups is 1. The molecule has 1 aliphatic heterocycles. The molecule has 40 heavy (non-hydrogen) atoms. The number of rotatable bonds is 4. The van der Waals surface area contributed by atoms with Gasteiger partial charge in [0.2, 0.25) is 0 Å². The van der Waals surface area contributed by atoms with Crippen LogP contribution in [-0.4, -0.2) is 34.2 Å². The number of hydrogen-bond donors (Lipinski definition) is 2. The second-order valence-electron chi connectivity index (χ2n) is 11.5. The first-order valence-corrected chi connectivity index (χ1v) is 14.1. The highest BCUT2D eigenvalue weighted by Gasteiger charge is 2.54. The third-order valence-corrected chi connectivity index (χ3v) is 8.19. The van der Waals surface area contributed by atoms with Crippen molar-refractivity contribution in [3.8, 4) is 11.1 Å². The Morgan fingerprint density at radius 3 is 2.55 bits per heavy atom. The minimum Gasteiger partial charge on any atom is -0.444 e. The second kappa shape index (κ2) is 9.55. The Labute approximate surface area is 235 Å². The molecule has 1 aliphatic carbocycles. The van der Waals surface area contributed by atoms with E-state index >= 15 is 0 Å². The highest BCUT2D eigenvalue weighted by Crippen LogP contribution is 2.56. The van der Waals surface area contributed by atoms with Crippen LogP contribution in [-0.2, 0) is 10.2 Å². The summed E-state index contributed by atoms with van der Waals surface area (Å²) in [7, 11) is 0. The van der Waals surface area contributed by atoms with Crippen LogP contribution in [0.3, 0.4) is 0 Å². The van der Waals surface area contributed by atoms with Gasteiger partial charge in [0, 0.05) is 23.7 Å². The lowest BCUT2D eigenvalue weighted by Gasteiger charge is -2.22. The van der Waals surface area contributed by atoms with Gasteiger partial charge in [-0.05, 0) is 82.0 Å². The first kappa shape index (κ1) is 26.2. The Kier molecular flexibility index (Phi) is 6.25. The van der Waals surface area contributed by atoms with Crippen LogP contribution in [0.2, 0.25) is 0 Å². The fraction of sp³-hybridized carbons (Fsp3) is 0.333. The van der Waals surface area contributed by atoms with E-state index in [1.54, 1.807) is 17.0 Å². The van der Waals surface area contributed by atoms with Crippen molar-refractivity contribution in [1.29, 1.82) is 0 Å². The summed E-state index contributed by atoms with van der Waals surface area (Å²) in [5, 5.41) is 6.24. The standard InChI is InChI=1S/C30H30FN5O3S/c1-17(18-5-8-21(31)9-6-18)33-27(37)36-16-30(11-12-30)25-23(36)13-20(15-32-25)19-7-10-22-24(14-19)40-26(34-22)35-28(38)39-29(2,3)4/h5-10,13-15,17H,11-12,16H2,1-4H3,(H,33,37)(H,34,35,38)/t17-/m0/s1. The molecular weight excluding hydrogens is 529 g/mol. The Balaban J connectivity index is 1.25. The number of carbonyl (C=O) groups is 2. The number of ether oxygens (including phenoxy) is 1. The van der Waals surface area contributed by atoms with Gasteiger partial charge in [-0.1, -0.05) is 29.5 Å². The van der Waals surface area contributed by atoms with Gasteiger partial charge >= 0.3 is 12.1 Å². The minimum atomic E-state index is -0.600. The maximum Gasteiger partial charge on any atom is 0.413 e. The van der Waals surface area contributed by atoms with Gasteiger partial charge in [-0.15, -0.1) is 0 Å². The third kappa shape index (κ3) is 5.11. The molecule has 10 heteroatoms. The van der Waals surface area contributed by atoms with Gasteiger partial charge in [-0.2, -0.15) is 0 Å². The molecule has 3 amide bonds. The fourth-order valence-electron chi connectivity index (χ4n) is 5.06. The molecular formula is C30H30FN5O3S.